The van der Waals surface area contributed by atoms with Gasteiger partial charge in [-0.25, -0.2) is 4.98 Å². The molecule has 1 aromatic rings. The Morgan fingerprint density at radius 1 is 1.69 bits per heavy atom. The van der Waals surface area contributed by atoms with Gasteiger partial charge >= 0.3 is 0 Å². The fourth-order valence-corrected chi connectivity index (χ4v) is 1.06. The van der Waals surface area contributed by atoms with Crippen molar-refractivity contribution in [2.24, 2.45) is 0 Å². The van der Waals surface area contributed by atoms with Crippen LogP contribution in [0.4, 0.5) is 0 Å². The fraction of sp³-hybridized carbons (Fsp3) is 0.333. The Bertz CT molecular complexity index is 378. The monoisotopic (exact) mass is 196 g/mol. The molecule has 0 bridgehead atoms. The second-order valence-electron chi connectivity index (χ2n) is 2.55. The van der Waals surface area contributed by atoms with E-state index in [1.807, 2.05) is 0 Å². The third-order valence-electron chi connectivity index (χ3n) is 1.57. The number of terminal acetylenes is 1. The molecule has 0 spiro atoms. The third kappa shape index (κ3) is 2.92. The molecular formula is C9H9ClN2O. The van der Waals surface area contributed by atoms with Crippen LogP contribution in [0.25, 0.3) is 0 Å². The summed E-state index contributed by atoms with van der Waals surface area (Å²) in [7, 11) is 0. The van der Waals surface area contributed by atoms with Crippen LogP contribution < -0.4 is 5.56 Å². The first-order chi connectivity index (χ1) is 6.24. The van der Waals surface area contributed by atoms with Gasteiger partial charge in [-0.15, -0.1) is 12.3 Å². The Kier molecular flexibility index (Phi) is 3.53. The number of nitrogens with zero attached hydrogens (tertiary/aromatic N) is 2. The molecule has 0 fully saturated rings. The van der Waals surface area contributed by atoms with Crippen LogP contribution in [-0.4, -0.2) is 9.55 Å². The van der Waals surface area contributed by atoms with E-state index >= 15 is 0 Å². The lowest BCUT2D eigenvalue weighted by molar-refractivity contribution is 0.622. The van der Waals surface area contributed by atoms with E-state index in [1.165, 1.54) is 17.0 Å². The normalized spacial score (nSPS) is 9.54. The predicted octanol–water partition coefficient (Wildman–Crippen LogP) is 1.31. The van der Waals surface area contributed by atoms with Crippen molar-refractivity contribution < 1.29 is 0 Å². The second kappa shape index (κ2) is 4.68. The molecular weight excluding hydrogens is 188 g/mol. The first kappa shape index (κ1) is 9.82. The average Bonchev–Trinajstić information content (AvgIpc) is 2.09. The van der Waals surface area contributed by atoms with E-state index < -0.39 is 0 Å². The lowest BCUT2D eigenvalue weighted by atomic mass is 10.3. The van der Waals surface area contributed by atoms with Gasteiger partial charge in [-0.2, -0.15) is 0 Å². The predicted molar refractivity (Wildman–Crippen MR) is 51.6 cm³/mol. The highest BCUT2D eigenvalue weighted by Crippen LogP contribution is 1.97. The van der Waals surface area contributed by atoms with Gasteiger partial charge in [0.15, 0.2) is 0 Å². The van der Waals surface area contributed by atoms with Crippen LogP contribution in [0.2, 0.25) is 5.15 Å². The zero-order valence-electron chi connectivity index (χ0n) is 7.03. The zero-order valence-corrected chi connectivity index (χ0v) is 7.79. The molecule has 0 radical (unpaired) electrons. The number of hydrogen-bond acceptors (Lipinski definition) is 2. The summed E-state index contributed by atoms with van der Waals surface area (Å²) in [5.74, 6) is 2.51. The zero-order chi connectivity index (χ0) is 9.68. The molecule has 1 heterocycles. The number of unbranched alkanes of at least 4 members (excludes halogenated alkanes) is 1. The van der Waals surface area contributed by atoms with Crippen LogP contribution in [0.15, 0.2) is 17.2 Å². The molecule has 0 unspecified atom stereocenters. The first-order valence-electron chi connectivity index (χ1n) is 3.89. The molecule has 0 amide bonds. The summed E-state index contributed by atoms with van der Waals surface area (Å²) in [5, 5.41) is 0.221. The maximum Gasteiger partial charge on any atom is 0.254 e. The van der Waals surface area contributed by atoms with Crippen molar-refractivity contribution >= 4 is 11.6 Å². The quantitative estimate of drug-likeness (QED) is 0.415. The fourth-order valence-electron chi connectivity index (χ4n) is 0.923. The van der Waals surface area contributed by atoms with Crippen molar-refractivity contribution in [1.29, 1.82) is 0 Å². The summed E-state index contributed by atoms with van der Waals surface area (Å²) in [6.45, 7) is 0.590. The van der Waals surface area contributed by atoms with Crippen LogP contribution in [0, 0.1) is 12.3 Å². The summed E-state index contributed by atoms with van der Waals surface area (Å²) >= 11 is 5.52. The van der Waals surface area contributed by atoms with Crippen molar-refractivity contribution in [3.8, 4) is 12.3 Å². The van der Waals surface area contributed by atoms with Crippen LogP contribution >= 0.6 is 11.6 Å². The lowest BCUT2D eigenvalue weighted by Crippen LogP contribution is -2.19. The Morgan fingerprint density at radius 3 is 3.08 bits per heavy atom. The van der Waals surface area contributed by atoms with Crippen LogP contribution in [0.3, 0.4) is 0 Å². The SMILES string of the molecule is C#CCCCn1cnc(Cl)cc1=O. The maximum atomic E-state index is 11.2. The Hall–Kier alpha value is -1.27. The van der Waals surface area contributed by atoms with E-state index in [1.54, 1.807) is 0 Å². The van der Waals surface area contributed by atoms with Crippen molar-refractivity contribution in [3.63, 3.8) is 0 Å². The molecule has 3 nitrogen and oxygen atoms in total. The van der Waals surface area contributed by atoms with Gasteiger partial charge in [-0.1, -0.05) is 11.6 Å². The molecule has 13 heavy (non-hydrogen) atoms. The molecule has 0 N–H and O–H groups in total. The van der Waals surface area contributed by atoms with Gasteiger partial charge in [0.1, 0.15) is 5.15 Å². The van der Waals surface area contributed by atoms with Gasteiger partial charge in [0.2, 0.25) is 0 Å². The second-order valence-corrected chi connectivity index (χ2v) is 2.94. The summed E-state index contributed by atoms with van der Waals surface area (Å²) in [4.78, 5) is 15.0. The number of hydrogen-bond donors (Lipinski definition) is 0. The van der Waals surface area contributed by atoms with Crippen LogP contribution in [-0.2, 0) is 6.54 Å². The molecule has 1 aromatic heterocycles. The minimum absolute atomic E-state index is 0.142. The molecule has 0 aromatic carbocycles. The van der Waals surface area contributed by atoms with Crippen molar-refractivity contribution in [1.82, 2.24) is 9.55 Å². The molecule has 0 aliphatic carbocycles. The van der Waals surface area contributed by atoms with Crippen molar-refractivity contribution in [2.75, 3.05) is 0 Å². The number of halogens is 1. The van der Waals surface area contributed by atoms with Gasteiger partial charge in [0.05, 0.1) is 6.33 Å². The van der Waals surface area contributed by atoms with E-state index in [2.05, 4.69) is 10.9 Å². The van der Waals surface area contributed by atoms with Gasteiger partial charge in [0.25, 0.3) is 5.56 Å². The van der Waals surface area contributed by atoms with Gasteiger partial charge < -0.3 is 0 Å². The molecule has 0 aliphatic rings. The van der Waals surface area contributed by atoms with E-state index in [0.29, 0.717) is 13.0 Å². The van der Waals surface area contributed by atoms with Gasteiger partial charge in [-0.05, 0) is 6.42 Å². The molecule has 0 saturated carbocycles. The topological polar surface area (TPSA) is 34.9 Å². The molecule has 0 atom stereocenters. The highest BCUT2D eigenvalue weighted by molar-refractivity contribution is 6.29. The van der Waals surface area contributed by atoms with Crippen LogP contribution in [0.5, 0.6) is 0 Å². The highest BCUT2D eigenvalue weighted by Gasteiger charge is 1.96. The first-order valence-corrected chi connectivity index (χ1v) is 4.27. The summed E-state index contributed by atoms with van der Waals surface area (Å²) in [6.07, 6.45) is 7.95. The summed E-state index contributed by atoms with van der Waals surface area (Å²) in [5.41, 5.74) is -0.142. The molecule has 0 saturated heterocycles. The van der Waals surface area contributed by atoms with E-state index in [9.17, 15) is 4.79 Å². The number of rotatable bonds is 3. The van der Waals surface area contributed by atoms with E-state index in [-0.39, 0.29) is 10.7 Å². The smallest absolute Gasteiger partial charge is 0.254 e. The Labute approximate surface area is 81.4 Å². The lowest BCUT2D eigenvalue weighted by Gasteiger charge is -2.01. The average molecular weight is 197 g/mol. The van der Waals surface area contributed by atoms with Gasteiger partial charge in [0, 0.05) is 19.0 Å². The number of aryl methyl sites for hydroxylation is 1. The van der Waals surface area contributed by atoms with Crippen molar-refractivity contribution in [3.05, 3.63) is 27.9 Å². The Balaban J connectivity index is 2.68. The molecule has 0 aliphatic heterocycles. The highest BCUT2D eigenvalue weighted by atomic mass is 35.5. The summed E-state index contributed by atoms with van der Waals surface area (Å²) < 4.78 is 1.49. The standard InChI is InChI=1S/C9H9ClN2O/c1-2-3-4-5-12-7-11-8(10)6-9(12)13/h1,6-7H,3-5H2. The van der Waals surface area contributed by atoms with E-state index in [0.717, 1.165) is 6.42 Å². The number of aromatic nitrogens is 2. The van der Waals surface area contributed by atoms with Crippen LogP contribution in [0.1, 0.15) is 12.8 Å². The van der Waals surface area contributed by atoms with Gasteiger partial charge in [-0.3, -0.25) is 9.36 Å². The molecule has 68 valence electrons. The summed E-state index contributed by atoms with van der Waals surface area (Å²) in [6, 6.07) is 1.29. The minimum Gasteiger partial charge on any atom is -0.299 e. The largest absolute Gasteiger partial charge is 0.299 e. The Morgan fingerprint density at radius 2 is 2.46 bits per heavy atom. The minimum atomic E-state index is -0.142. The molecule has 1 rings (SSSR count). The maximum absolute atomic E-state index is 11.2. The molecule has 4 heteroatoms. The van der Waals surface area contributed by atoms with Crippen molar-refractivity contribution in [2.45, 2.75) is 19.4 Å². The van der Waals surface area contributed by atoms with E-state index in [4.69, 9.17) is 18.0 Å². The third-order valence-corrected chi connectivity index (χ3v) is 1.77.